The summed E-state index contributed by atoms with van der Waals surface area (Å²) in [5.41, 5.74) is 3.49. The maximum atomic E-state index is 12.9. The van der Waals surface area contributed by atoms with Crippen LogP contribution in [0.1, 0.15) is 48.2 Å². The molecule has 4 rings (SSSR count). The lowest BCUT2D eigenvalue weighted by Gasteiger charge is -2.18. The normalized spacial score (nSPS) is 15.6. The van der Waals surface area contributed by atoms with E-state index in [1.807, 2.05) is 29.2 Å². The Labute approximate surface area is 189 Å². The van der Waals surface area contributed by atoms with E-state index in [1.54, 1.807) is 6.07 Å². The lowest BCUT2D eigenvalue weighted by Crippen LogP contribution is -2.28. The van der Waals surface area contributed by atoms with Gasteiger partial charge in [-0.15, -0.1) is 0 Å². The van der Waals surface area contributed by atoms with E-state index >= 15 is 0 Å². The maximum absolute atomic E-state index is 12.9. The molecule has 170 valence electrons. The van der Waals surface area contributed by atoms with Gasteiger partial charge in [0.05, 0.1) is 0 Å². The highest BCUT2D eigenvalue weighted by Crippen LogP contribution is 2.33. The van der Waals surface area contributed by atoms with Gasteiger partial charge in [-0.25, -0.2) is 0 Å². The first kappa shape index (κ1) is 22.1. The van der Waals surface area contributed by atoms with E-state index in [2.05, 4.69) is 23.6 Å². The Hall–Kier alpha value is -3.06. The fourth-order valence-corrected chi connectivity index (χ4v) is 4.30. The second-order valence-electron chi connectivity index (χ2n) is 8.73. The third-order valence-electron chi connectivity index (χ3n) is 5.80. The predicted molar refractivity (Wildman–Crippen MR) is 123 cm³/mol. The summed E-state index contributed by atoms with van der Waals surface area (Å²) in [6, 6.07) is 11.7. The highest BCUT2D eigenvalue weighted by Gasteiger charge is 2.20. The third kappa shape index (κ3) is 5.59. The fourth-order valence-electron chi connectivity index (χ4n) is 4.30. The Morgan fingerprint density at radius 2 is 1.81 bits per heavy atom. The lowest BCUT2D eigenvalue weighted by molar-refractivity contribution is -0.114. The van der Waals surface area contributed by atoms with Crippen LogP contribution in [0, 0.1) is 5.92 Å². The first-order chi connectivity index (χ1) is 15.5. The Morgan fingerprint density at radius 1 is 1.03 bits per heavy atom. The maximum Gasteiger partial charge on any atom is 0.253 e. The van der Waals surface area contributed by atoms with Gasteiger partial charge in [0.15, 0.2) is 11.5 Å². The van der Waals surface area contributed by atoms with Gasteiger partial charge in [-0.3, -0.25) is 9.59 Å². The minimum Gasteiger partial charge on any atom is -0.454 e. The summed E-state index contributed by atoms with van der Waals surface area (Å²) in [6.07, 6.45) is 3.02. The standard InChI is InChI=1S/C25H31N3O4/c1-17(9-19-5-6-23-24(12-19)32-16-31-23)14-26-15-20-10-21(13-22(11-20)27-18(2)29)25(30)28-7-3-4-8-28/h5-6,10-13,17,26H,3-4,7-9,14-16H2,1-2H3,(H,27,29)/t17-/m1/s1. The molecule has 1 atom stereocenters. The molecule has 2 aliphatic rings. The van der Waals surface area contributed by atoms with Crippen LogP contribution in [-0.2, 0) is 17.8 Å². The summed E-state index contributed by atoms with van der Waals surface area (Å²) >= 11 is 0. The molecule has 2 aliphatic heterocycles. The monoisotopic (exact) mass is 437 g/mol. The average molecular weight is 438 g/mol. The molecule has 0 saturated carbocycles. The Morgan fingerprint density at radius 3 is 2.59 bits per heavy atom. The molecule has 2 heterocycles. The van der Waals surface area contributed by atoms with Gasteiger partial charge in [-0.1, -0.05) is 13.0 Å². The van der Waals surface area contributed by atoms with Gasteiger partial charge < -0.3 is 25.0 Å². The Bertz CT molecular complexity index is 985. The molecule has 0 unspecified atom stereocenters. The van der Waals surface area contributed by atoms with Gasteiger partial charge in [-0.05, 0) is 73.2 Å². The first-order valence-corrected chi connectivity index (χ1v) is 11.3. The van der Waals surface area contributed by atoms with Crippen molar-refractivity contribution < 1.29 is 19.1 Å². The molecule has 2 aromatic carbocycles. The number of carbonyl (C=O) groups is 2. The van der Waals surface area contributed by atoms with E-state index in [0.29, 0.717) is 23.7 Å². The number of carbonyl (C=O) groups excluding carboxylic acids is 2. The minimum absolute atomic E-state index is 0.0344. The number of rotatable bonds is 8. The summed E-state index contributed by atoms with van der Waals surface area (Å²) in [5, 5.41) is 6.32. The number of hydrogen-bond donors (Lipinski definition) is 2. The zero-order valence-corrected chi connectivity index (χ0v) is 18.8. The van der Waals surface area contributed by atoms with Crippen molar-refractivity contribution in [1.82, 2.24) is 10.2 Å². The second kappa shape index (κ2) is 10.0. The molecule has 2 N–H and O–H groups in total. The van der Waals surface area contributed by atoms with Crippen molar-refractivity contribution >= 4 is 17.5 Å². The van der Waals surface area contributed by atoms with Crippen LogP contribution in [0.5, 0.6) is 11.5 Å². The number of nitrogens with one attached hydrogen (secondary N) is 2. The summed E-state index contributed by atoms with van der Waals surface area (Å²) in [7, 11) is 0. The topological polar surface area (TPSA) is 79.9 Å². The average Bonchev–Trinajstić information content (AvgIpc) is 3.44. The molecular weight excluding hydrogens is 406 g/mol. The first-order valence-electron chi connectivity index (χ1n) is 11.3. The quantitative estimate of drug-likeness (QED) is 0.660. The van der Waals surface area contributed by atoms with Crippen LogP contribution in [0.3, 0.4) is 0 Å². The summed E-state index contributed by atoms with van der Waals surface area (Å²) < 4.78 is 10.8. The van der Waals surface area contributed by atoms with Crippen molar-refractivity contribution in [2.75, 3.05) is 31.7 Å². The number of fused-ring (bicyclic) bond motifs is 1. The molecule has 7 heteroatoms. The SMILES string of the molecule is CC(=O)Nc1cc(CNC[C@H](C)Cc2ccc3c(c2)OCO3)cc(C(=O)N2CCCC2)c1. The van der Waals surface area contributed by atoms with Gasteiger partial charge in [0.1, 0.15) is 0 Å². The van der Waals surface area contributed by atoms with E-state index in [1.165, 1.54) is 12.5 Å². The molecule has 0 spiro atoms. The molecule has 0 aromatic heterocycles. The van der Waals surface area contributed by atoms with E-state index in [-0.39, 0.29) is 18.6 Å². The van der Waals surface area contributed by atoms with Crippen LogP contribution < -0.4 is 20.1 Å². The van der Waals surface area contributed by atoms with Gasteiger partial charge in [0.2, 0.25) is 12.7 Å². The van der Waals surface area contributed by atoms with Crippen LogP contribution >= 0.6 is 0 Å². The Balaban J connectivity index is 1.36. The number of anilines is 1. The highest BCUT2D eigenvalue weighted by molar-refractivity contribution is 5.97. The largest absolute Gasteiger partial charge is 0.454 e. The predicted octanol–water partition coefficient (Wildman–Crippen LogP) is 3.58. The van der Waals surface area contributed by atoms with Crippen molar-refractivity contribution in [3.05, 3.63) is 53.1 Å². The smallest absolute Gasteiger partial charge is 0.253 e. The lowest BCUT2D eigenvalue weighted by atomic mass is 10.0. The Kier molecular flexibility index (Phi) is 6.95. The zero-order chi connectivity index (χ0) is 22.5. The fraction of sp³-hybridized carbons (Fsp3) is 0.440. The number of amides is 2. The van der Waals surface area contributed by atoms with Gasteiger partial charge in [0, 0.05) is 37.8 Å². The van der Waals surface area contributed by atoms with Crippen LogP contribution in [0.4, 0.5) is 5.69 Å². The summed E-state index contributed by atoms with van der Waals surface area (Å²) in [4.78, 5) is 26.3. The molecule has 2 aromatic rings. The summed E-state index contributed by atoms with van der Waals surface area (Å²) in [5.74, 6) is 1.92. The van der Waals surface area contributed by atoms with E-state index < -0.39 is 0 Å². The van der Waals surface area contributed by atoms with Crippen LogP contribution in [-0.4, -0.2) is 43.1 Å². The van der Waals surface area contributed by atoms with E-state index in [4.69, 9.17) is 9.47 Å². The molecule has 1 saturated heterocycles. The number of nitrogens with zero attached hydrogens (tertiary/aromatic N) is 1. The van der Waals surface area contributed by atoms with Gasteiger partial charge in [-0.2, -0.15) is 0 Å². The van der Waals surface area contributed by atoms with Crippen molar-refractivity contribution in [2.45, 2.75) is 39.7 Å². The van der Waals surface area contributed by atoms with Crippen LogP contribution in [0.25, 0.3) is 0 Å². The number of benzene rings is 2. The molecule has 7 nitrogen and oxygen atoms in total. The number of hydrogen-bond acceptors (Lipinski definition) is 5. The van der Waals surface area contributed by atoms with Crippen molar-refractivity contribution in [3.63, 3.8) is 0 Å². The second-order valence-corrected chi connectivity index (χ2v) is 8.73. The molecule has 32 heavy (non-hydrogen) atoms. The van der Waals surface area contributed by atoms with E-state index in [9.17, 15) is 9.59 Å². The molecular formula is C25H31N3O4. The molecule has 0 aliphatic carbocycles. The molecule has 1 fully saturated rings. The minimum atomic E-state index is -0.146. The van der Waals surface area contributed by atoms with Crippen LogP contribution in [0.15, 0.2) is 36.4 Å². The van der Waals surface area contributed by atoms with Gasteiger partial charge >= 0.3 is 0 Å². The molecule has 0 radical (unpaired) electrons. The van der Waals surface area contributed by atoms with E-state index in [0.717, 1.165) is 56.0 Å². The molecule has 0 bridgehead atoms. The third-order valence-corrected chi connectivity index (χ3v) is 5.80. The number of likely N-dealkylation sites (tertiary alicyclic amines) is 1. The van der Waals surface area contributed by atoms with Crippen molar-refractivity contribution in [2.24, 2.45) is 5.92 Å². The van der Waals surface area contributed by atoms with Gasteiger partial charge in [0.25, 0.3) is 5.91 Å². The van der Waals surface area contributed by atoms with Crippen molar-refractivity contribution in [1.29, 1.82) is 0 Å². The van der Waals surface area contributed by atoms with Crippen LogP contribution in [0.2, 0.25) is 0 Å². The highest BCUT2D eigenvalue weighted by atomic mass is 16.7. The number of ether oxygens (including phenoxy) is 2. The zero-order valence-electron chi connectivity index (χ0n) is 18.8. The summed E-state index contributed by atoms with van der Waals surface area (Å²) in [6.45, 7) is 7.02. The molecule has 2 amide bonds. The van der Waals surface area contributed by atoms with Crippen molar-refractivity contribution in [3.8, 4) is 11.5 Å².